The molecule has 0 atom stereocenters. The van der Waals surface area contributed by atoms with Crippen LogP contribution in [0.15, 0.2) is 59.8 Å². The van der Waals surface area contributed by atoms with E-state index in [1.54, 1.807) is 9.69 Å². The van der Waals surface area contributed by atoms with Gasteiger partial charge >= 0.3 is 0 Å². The predicted molar refractivity (Wildman–Crippen MR) is 109 cm³/mol. The lowest BCUT2D eigenvalue weighted by molar-refractivity contribution is -0.118. The fraction of sp³-hybridized carbons (Fsp3) is 0.286. The number of carbonyl (C=O) groups excluding carboxylic acids is 1. The molecule has 3 aromatic rings. The van der Waals surface area contributed by atoms with Crippen LogP contribution in [0.4, 0.5) is 0 Å². The van der Waals surface area contributed by atoms with Crippen molar-refractivity contribution < 1.29 is 9.53 Å². The molecule has 1 amide bonds. The zero-order valence-electron chi connectivity index (χ0n) is 15.9. The second-order valence-corrected chi connectivity index (χ2v) is 7.89. The van der Waals surface area contributed by atoms with Crippen molar-refractivity contribution in [2.75, 3.05) is 10.8 Å². The number of hydrogen-bond donors (Lipinski definition) is 0. The van der Waals surface area contributed by atoms with Crippen LogP contribution in [0, 0.1) is 0 Å². The second-order valence-electron chi connectivity index (χ2n) is 6.95. The van der Waals surface area contributed by atoms with Crippen LogP contribution in [-0.4, -0.2) is 26.5 Å². The number of amides is 1. The first-order valence-electron chi connectivity index (χ1n) is 9.26. The number of nitrogens with zero attached hydrogens (tertiary/aromatic N) is 4. The number of ether oxygens (including phenoxy) is 1. The third-order valence-corrected chi connectivity index (χ3v) is 5.52. The molecule has 0 spiro atoms. The standard InChI is InChI=1S/C21H22N4O2S/c1-15(2)17-10-8-16(9-11-17)12-24-20(26)14-28-21-23-22-19(25(21)24)13-27-18-6-4-3-5-7-18/h3-11,15H,12-14H2,1-2H3. The Morgan fingerprint density at radius 1 is 1.07 bits per heavy atom. The molecule has 28 heavy (non-hydrogen) atoms. The Bertz CT molecular complexity index is 954. The lowest BCUT2D eigenvalue weighted by Crippen LogP contribution is -2.45. The number of rotatable bonds is 6. The zero-order valence-corrected chi connectivity index (χ0v) is 16.7. The summed E-state index contributed by atoms with van der Waals surface area (Å²) in [5.41, 5.74) is 2.35. The first kappa shape index (κ1) is 18.6. The Morgan fingerprint density at radius 2 is 1.82 bits per heavy atom. The van der Waals surface area contributed by atoms with Crippen molar-refractivity contribution in [2.45, 2.75) is 38.1 Å². The second kappa shape index (κ2) is 8.06. The molecule has 0 saturated carbocycles. The molecule has 0 unspecified atom stereocenters. The molecular weight excluding hydrogens is 372 g/mol. The molecule has 0 radical (unpaired) electrons. The average Bonchev–Trinajstić information content (AvgIpc) is 3.13. The van der Waals surface area contributed by atoms with Crippen LogP contribution in [0.25, 0.3) is 0 Å². The summed E-state index contributed by atoms with van der Waals surface area (Å²) in [4.78, 5) is 12.6. The SMILES string of the molecule is CC(C)c1ccc(CN2C(=O)CSc3nnc(COc4ccccc4)n32)cc1. The number of benzene rings is 2. The van der Waals surface area contributed by atoms with E-state index in [-0.39, 0.29) is 12.5 Å². The highest BCUT2D eigenvalue weighted by atomic mass is 32.2. The quantitative estimate of drug-likeness (QED) is 0.637. The minimum atomic E-state index is 0.0335. The predicted octanol–water partition coefficient (Wildman–Crippen LogP) is 3.75. The van der Waals surface area contributed by atoms with Gasteiger partial charge in [-0.2, -0.15) is 0 Å². The van der Waals surface area contributed by atoms with Gasteiger partial charge in [0, 0.05) is 0 Å². The van der Waals surface area contributed by atoms with Crippen molar-refractivity contribution in [1.82, 2.24) is 14.9 Å². The fourth-order valence-electron chi connectivity index (χ4n) is 3.03. The third kappa shape index (κ3) is 3.89. The fourth-order valence-corrected chi connectivity index (χ4v) is 3.86. The van der Waals surface area contributed by atoms with E-state index in [0.29, 0.717) is 29.2 Å². The van der Waals surface area contributed by atoms with Crippen molar-refractivity contribution in [3.8, 4) is 5.75 Å². The van der Waals surface area contributed by atoms with Crippen LogP contribution < -0.4 is 9.75 Å². The highest BCUT2D eigenvalue weighted by Crippen LogP contribution is 2.25. The van der Waals surface area contributed by atoms with Crippen LogP contribution >= 0.6 is 11.8 Å². The number of para-hydroxylation sites is 1. The van der Waals surface area contributed by atoms with E-state index in [0.717, 1.165) is 11.3 Å². The molecule has 0 fully saturated rings. The van der Waals surface area contributed by atoms with E-state index in [2.05, 4.69) is 48.3 Å². The smallest absolute Gasteiger partial charge is 0.252 e. The molecule has 0 bridgehead atoms. The summed E-state index contributed by atoms with van der Waals surface area (Å²) in [6.07, 6.45) is 0. The number of carbonyl (C=O) groups is 1. The molecule has 2 heterocycles. The van der Waals surface area contributed by atoms with Crippen molar-refractivity contribution >= 4 is 17.7 Å². The van der Waals surface area contributed by atoms with Gasteiger partial charge in [0.1, 0.15) is 12.4 Å². The molecular formula is C21H22N4O2S. The van der Waals surface area contributed by atoms with Gasteiger partial charge in [-0.25, -0.2) is 9.69 Å². The van der Waals surface area contributed by atoms with Crippen LogP contribution in [0.1, 0.15) is 36.7 Å². The number of hydrogen-bond acceptors (Lipinski definition) is 5. The van der Waals surface area contributed by atoms with Crippen LogP contribution in [-0.2, 0) is 17.9 Å². The summed E-state index contributed by atoms with van der Waals surface area (Å²) >= 11 is 1.40. The molecule has 0 saturated heterocycles. The van der Waals surface area contributed by atoms with E-state index in [1.807, 2.05) is 30.3 Å². The van der Waals surface area contributed by atoms with Gasteiger partial charge in [0.15, 0.2) is 5.82 Å². The molecule has 0 N–H and O–H groups in total. The van der Waals surface area contributed by atoms with Gasteiger partial charge in [-0.3, -0.25) is 4.79 Å². The van der Waals surface area contributed by atoms with Crippen molar-refractivity contribution in [1.29, 1.82) is 0 Å². The minimum absolute atomic E-state index is 0.0335. The number of fused-ring (bicyclic) bond motifs is 1. The summed E-state index contributed by atoms with van der Waals surface area (Å²) in [6.45, 7) is 5.06. The van der Waals surface area contributed by atoms with Gasteiger partial charge < -0.3 is 4.74 Å². The maximum Gasteiger partial charge on any atom is 0.252 e. The van der Waals surface area contributed by atoms with E-state index in [4.69, 9.17) is 4.74 Å². The molecule has 144 valence electrons. The summed E-state index contributed by atoms with van der Waals surface area (Å²) < 4.78 is 7.61. The lowest BCUT2D eigenvalue weighted by Gasteiger charge is -2.29. The molecule has 4 rings (SSSR count). The molecule has 6 nitrogen and oxygen atoms in total. The maximum absolute atomic E-state index is 12.6. The highest BCUT2D eigenvalue weighted by molar-refractivity contribution is 7.99. The van der Waals surface area contributed by atoms with Gasteiger partial charge in [-0.1, -0.05) is 68.1 Å². The van der Waals surface area contributed by atoms with Gasteiger partial charge in [0.25, 0.3) is 5.91 Å². The minimum Gasteiger partial charge on any atom is -0.486 e. The molecule has 7 heteroatoms. The molecule has 1 aliphatic heterocycles. The Hall–Kier alpha value is -2.80. The van der Waals surface area contributed by atoms with Crippen LogP contribution in [0.2, 0.25) is 0 Å². The zero-order chi connectivity index (χ0) is 19.5. The number of aromatic nitrogens is 3. The van der Waals surface area contributed by atoms with E-state index in [1.165, 1.54) is 17.3 Å². The molecule has 0 aliphatic carbocycles. The molecule has 1 aromatic heterocycles. The number of thioether (sulfide) groups is 1. The summed E-state index contributed by atoms with van der Waals surface area (Å²) in [5, 5.41) is 10.9. The Morgan fingerprint density at radius 3 is 2.54 bits per heavy atom. The van der Waals surface area contributed by atoms with E-state index in [9.17, 15) is 4.79 Å². The summed E-state index contributed by atoms with van der Waals surface area (Å²) in [6, 6.07) is 18.0. The third-order valence-electron chi connectivity index (χ3n) is 4.62. The van der Waals surface area contributed by atoms with Gasteiger partial charge in [-0.05, 0) is 29.2 Å². The lowest BCUT2D eigenvalue weighted by atomic mass is 10.0. The van der Waals surface area contributed by atoms with Gasteiger partial charge in [0.2, 0.25) is 5.16 Å². The Kier molecular flexibility index (Phi) is 5.34. The summed E-state index contributed by atoms with van der Waals surface area (Å²) in [7, 11) is 0. The van der Waals surface area contributed by atoms with Crippen molar-refractivity contribution in [2.24, 2.45) is 0 Å². The van der Waals surface area contributed by atoms with E-state index < -0.39 is 0 Å². The monoisotopic (exact) mass is 394 g/mol. The van der Waals surface area contributed by atoms with Gasteiger partial charge in [-0.15, -0.1) is 10.2 Å². The summed E-state index contributed by atoms with van der Waals surface area (Å²) in [5.74, 6) is 2.24. The normalized spacial score (nSPS) is 13.7. The first-order valence-corrected chi connectivity index (χ1v) is 10.2. The van der Waals surface area contributed by atoms with Crippen LogP contribution in [0.3, 0.4) is 0 Å². The Labute approximate surface area is 168 Å². The average molecular weight is 395 g/mol. The molecule has 1 aliphatic rings. The topological polar surface area (TPSA) is 60.3 Å². The van der Waals surface area contributed by atoms with Crippen molar-refractivity contribution in [3.63, 3.8) is 0 Å². The maximum atomic E-state index is 12.6. The first-order chi connectivity index (χ1) is 13.6. The van der Waals surface area contributed by atoms with E-state index >= 15 is 0 Å². The molecule has 2 aromatic carbocycles. The Balaban J connectivity index is 1.56. The van der Waals surface area contributed by atoms with Gasteiger partial charge in [0.05, 0.1) is 12.3 Å². The highest BCUT2D eigenvalue weighted by Gasteiger charge is 2.29. The van der Waals surface area contributed by atoms with Crippen LogP contribution in [0.5, 0.6) is 5.75 Å². The largest absolute Gasteiger partial charge is 0.486 e. The van der Waals surface area contributed by atoms with Crippen molar-refractivity contribution in [3.05, 3.63) is 71.5 Å².